The van der Waals surface area contributed by atoms with Gasteiger partial charge in [-0.1, -0.05) is 0 Å². The van der Waals surface area contributed by atoms with Gasteiger partial charge >= 0.3 is 5.97 Å². The smallest absolute Gasteiger partial charge is 0.378 e. The van der Waals surface area contributed by atoms with Crippen molar-refractivity contribution in [3.8, 4) is 11.4 Å². The van der Waals surface area contributed by atoms with Crippen LogP contribution >= 0.6 is 0 Å². The summed E-state index contributed by atoms with van der Waals surface area (Å²) in [7, 11) is 1.72. The summed E-state index contributed by atoms with van der Waals surface area (Å²) in [5.74, 6) is 0.0903. The van der Waals surface area contributed by atoms with Gasteiger partial charge in [0.25, 0.3) is 5.82 Å². The SMILES string of the molecule is CCOC(=O)c1nc(-c2cc(C)nnc2C)n(C)n1. The fraction of sp³-hybridized carbons (Fsp3) is 0.417. The lowest BCUT2D eigenvalue weighted by atomic mass is 10.2. The molecule has 0 saturated heterocycles. The predicted molar refractivity (Wildman–Crippen MR) is 67.5 cm³/mol. The quantitative estimate of drug-likeness (QED) is 0.768. The highest BCUT2D eigenvalue weighted by Crippen LogP contribution is 2.19. The Hall–Kier alpha value is -2.31. The Morgan fingerprint density at radius 3 is 2.79 bits per heavy atom. The number of hydrogen-bond donors (Lipinski definition) is 0. The molecule has 0 radical (unpaired) electrons. The van der Waals surface area contributed by atoms with Gasteiger partial charge in [0.1, 0.15) is 0 Å². The third-order valence-electron chi connectivity index (χ3n) is 2.56. The summed E-state index contributed by atoms with van der Waals surface area (Å²) in [6, 6.07) is 1.86. The summed E-state index contributed by atoms with van der Waals surface area (Å²) in [5, 5.41) is 12.1. The lowest BCUT2D eigenvalue weighted by molar-refractivity contribution is 0.0512. The molecule has 0 aromatic carbocycles. The molecule has 0 atom stereocenters. The number of ether oxygens (including phenoxy) is 1. The van der Waals surface area contributed by atoms with E-state index in [9.17, 15) is 4.79 Å². The summed E-state index contributed by atoms with van der Waals surface area (Å²) in [4.78, 5) is 15.8. The number of nitrogens with zero attached hydrogens (tertiary/aromatic N) is 5. The molecule has 0 spiro atoms. The van der Waals surface area contributed by atoms with Gasteiger partial charge < -0.3 is 4.74 Å². The Balaban J connectivity index is 2.46. The van der Waals surface area contributed by atoms with Crippen molar-refractivity contribution in [1.29, 1.82) is 0 Å². The van der Waals surface area contributed by atoms with E-state index < -0.39 is 5.97 Å². The monoisotopic (exact) mass is 261 g/mol. The molecular formula is C12H15N5O2. The van der Waals surface area contributed by atoms with E-state index in [0.29, 0.717) is 12.4 Å². The standard InChI is InChI=1S/C12H15N5O2/c1-5-19-12(18)10-13-11(17(4)16-10)9-6-7(2)14-15-8(9)3/h6H,5H2,1-4H3. The first kappa shape index (κ1) is 13.1. The molecule has 0 N–H and O–H groups in total. The van der Waals surface area contributed by atoms with Crippen molar-refractivity contribution >= 4 is 5.97 Å². The Labute approximate surface area is 110 Å². The molecule has 0 aliphatic carbocycles. The van der Waals surface area contributed by atoms with Gasteiger partial charge in [0.05, 0.1) is 18.0 Å². The fourth-order valence-electron chi connectivity index (χ4n) is 1.68. The van der Waals surface area contributed by atoms with E-state index in [4.69, 9.17) is 4.74 Å². The minimum atomic E-state index is -0.527. The van der Waals surface area contributed by atoms with E-state index in [-0.39, 0.29) is 5.82 Å². The van der Waals surface area contributed by atoms with Gasteiger partial charge in [-0.3, -0.25) is 0 Å². The topological polar surface area (TPSA) is 82.8 Å². The number of carbonyl (C=O) groups excluding carboxylic acids is 1. The van der Waals surface area contributed by atoms with Crippen LogP contribution in [0.15, 0.2) is 6.07 Å². The van der Waals surface area contributed by atoms with Crippen molar-refractivity contribution in [2.75, 3.05) is 6.61 Å². The second-order valence-corrected chi connectivity index (χ2v) is 4.09. The van der Waals surface area contributed by atoms with Gasteiger partial charge in [-0.25, -0.2) is 14.5 Å². The van der Waals surface area contributed by atoms with Crippen molar-refractivity contribution in [3.63, 3.8) is 0 Å². The van der Waals surface area contributed by atoms with Crippen molar-refractivity contribution < 1.29 is 9.53 Å². The van der Waals surface area contributed by atoms with Gasteiger partial charge in [-0.2, -0.15) is 10.2 Å². The average Bonchev–Trinajstić information content (AvgIpc) is 2.75. The van der Waals surface area contributed by atoms with Crippen LogP contribution < -0.4 is 0 Å². The third-order valence-corrected chi connectivity index (χ3v) is 2.56. The number of hydrogen-bond acceptors (Lipinski definition) is 6. The molecule has 0 bridgehead atoms. The van der Waals surface area contributed by atoms with Gasteiger partial charge in [-0.15, -0.1) is 5.10 Å². The van der Waals surface area contributed by atoms with Crippen molar-refractivity contribution in [1.82, 2.24) is 25.0 Å². The lowest BCUT2D eigenvalue weighted by Gasteiger charge is -2.03. The molecular weight excluding hydrogens is 246 g/mol. The second-order valence-electron chi connectivity index (χ2n) is 4.09. The van der Waals surface area contributed by atoms with E-state index >= 15 is 0 Å². The molecule has 7 heteroatoms. The van der Waals surface area contributed by atoms with Crippen molar-refractivity contribution in [2.45, 2.75) is 20.8 Å². The summed E-state index contributed by atoms with van der Waals surface area (Å²) < 4.78 is 6.42. The molecule has 19 heavy (non-hydrogen) atoms. The van der Waals surface area contributed by atoms with Crippen LogP contribution in [0, 0.1) is 13.8 Å². The minimum Gasteiger partial charge on any atom is -0.460 e. The molecule has 2 aromatic heterocycles. The highest BCUT2D eigenvalue weighted by Gasteiger charge is 2.18. The number of aryl methyl sites for hydroxylation is 3. The van der Waals surface area contributed by atoms with Crippen LogP contribution in [0.25, 0.3) is 11.4 Å². The Morgan fingerprint density at radius 1 is 1.37 bits per heavy atom. The largest absolute Gasteiger partial charge is 0.460 e. The molecule has 0 fully saturated rings. The first-order valence-corrected chi connectivity index (χ1v) is 5.92. The Morgan fingerprint density at radius 2 is 2.11 bits per heavy atom. The van der Waals surface area contributed by atoms with Crippen LogP contribution in [0.2, 0.25) is 0 Å². The molecule has 0 unspecified atom stereocenters. The van der Waals surface area contributed by atoms with Gasteiger partial charge in [0, 0.05) is 12.6 Å². The highest BCUT2D eigenvalue weighted by atomic mass is 16.5. The lowest BCUT2D eigenvalue weighted by Crippen LogP contribution is -2.07. The highest BCUT2D eigenvalue weighted by molar-refractivity contribution is 5.85. The van der Waals surface area contributed by atoms with Crippen LogP contribution in [-0.2, 0) is 11.8 Å². The summed E-state index contributed by atoms with van der Waals surface area (Å²) in [5.41, 5.74) is 2.32. The average molecular weight is 261 g/mol. The van der Waals surface area contributed by atoms with E-state index in [1.807, 2.05) is 19.9 Å². The summed E-state index contributed by atoms with van der Waals surface area (Å²) >= 11 is 0. The Kier molecular flexibility index (Phi) is 3.55. The summed E-state index contributed by atoms with van der Waals surface area (Å²) in [6.07, 6.45) is 0. The maximum atomic E-state index is 11.6. The van der Waals surface area contributed by atoms with Gasteiger partial charge in [-0.05, 0) is 26.8 Å². The molecule has 2 rings (SSSR count). The third kappa shape index (κ3) is 2.59. The van der Waals surface area contributed by atoms with Gasteiger partial charge in [0.15, 0.2) is 5.82 Å². The molecule has 0 aliphatic rings. The van der Waals surface area contributed by atoms with Crippen LogP contribution in [0.3, 0.4) is 0 Å². The van der Waals surface area contributed by atoms with Crippen LogP contribution in [0.5, 0.6) is 0 Å². The zero-order valence-corrected chi connectivity index (χ0v) is 11.3. The van der Waals surface area contributed by atoms with E-state index in [0.717, 1.165) is 17.0 Å². The van der Waals surface area contributed by atoms with E-state index in [1.54, 1.807) is 14.0 Å². The Bertz CT molecular complexity index is 621. The molecule has 100 valence electrons. The number of aromatic nitrogens is 5. The van der Waals surface area contributed by atoms with Gasteiger partial charge in [0.2, 0.25) is 0 Å². The van der Waals surface area contributed by atoms with E-state index in [2.05, 4.69) is 20.3 Å². The van der Waals surface area contributed by atoms with Crippen molar-refractivity contribution in [3.05, 3.63) is 23.3 Å². The summed E-state index contributed by atoms with van der Waals surface area (Å²) in [6.45, 7) is 5.71. The zero-order chi connectivity index (χ0) is 14.0. The fourth-order valence-corrected chi connectivity index (χ4v) is 1.68. The first-order valence-electron chi connectivity index (χ1n) is 5.92. The normalized spacial score (nSPS) is 10.5. The number of esters is 1. The maximum Gasteiger partial charge on any atom is 0.378 e. The first-order chi connectivity index (χ1) is 9.02. The molecule has 0 saturated carbocycles. The predicted octanol–water partition coefficient (Wildman–Crippen LogP) is 1.07. The number of carbonyl (C=O) groups is 1. The van der Waals surface area contributed by atoms with Crippen LogP contribution in [0.1, 0.15) is 28.9 Å². The second kappa shape index (κ2) is 5.13. The maximum absolute atomic E-state index is 11.6. The van der Waals surface area contributed by atoms with E-state index in [1.165, 1.54) is 4.68 Å². The molecule has 0 amide bonds. The van der Waals surface area contributed by atoms with Crippen LogP contribution in [-0.4, -0.2) is 37.5 Å². The molecule has 2 aromatic rings. The van der Waals surface area contributed by atoms with Crippen LogP contribution in [0.4, 0.5) is 0 Å². The molecule has 7 nitrogen and oxygen atoms in total. The number of rotatable bonds is 3. The molecule has 2 heterocycles. The zero-order valence-electron chi connectivity index (χ0n) is 11.3. The minimum absolute atomic E-state index is 0.0493. The van der Waals surface area contributed by atoms with Crippen molar-refractivity contribution in [2.24, 2.45) is 7.05 Å². The molecule has 0 aliphatic heterocycles.